The molecule has 9 unspecified atom stereocenters. The van der Waals surface area contributed by atoms with Gasteiger partial charge in [-0.1, -0.05) is 53.5 Å². The molecule has 7 heteroatoms. The van der Waals surface area contributed by atoms with Crippen molar-refractivity contribution in [3.05, 3.63) is 11.6 Å². The maximum absolute atomic E-state index is 14.4. The van der Waals surface area contributed by atoms with Crippen molar-refractivity contribution in [3.8, 4) is 0 Å². The van der Waals surface area contributed by atoms with Crippen LogP contribution in [0.1, 0.15) is 120 Å². The van der Waals surface area contributed by atoms with Gasteiger partial charge in [0.2, 0.25) is 0 Å². The Morgan fingerprint density at radius 3 is 2.27 bits per heavy atom. The smallest absolute Gasteiger partial charge is 0.320 e. The fourth-order valence-corrected chi connectivity index (χ4v) is 10.9. The Morgan fingerprint density at radius 1 is 1.00 bits per heavy atom. The molecule has 0 aromatic rings. The van der Waals surface area contributed by atoms with Crippen molar-refractivity contribution < 1.29 is 33.7 Å². The van der Waals surface area contributed by atoms with Crippen LogP contribution < -0.4 is 0 Å². The van der Waals surface area contributed by atoms with E-state index in [1.807, 2.05) is 6.92 Å². The molecule has 0 aromatic heterocycles. The third kappa shape index (κ3) is 3.88. The van der Waals surface area contributed by atoms with Crippen molar-refractivity contribution in [2.24, 2.45) is 39.4 Å². The SMILES string of the molecule is CC(=O)OC1CCC2(C)C3=CC(OC(C)=O)C45C(=O)OC(C)(CCCC(C)C)C4(O)CCC5(C)C3CCC2C1(C)C. The van der Waals surface area contributed by atoms with E-state index >= 15 is 0 Å². The van der Waals surface area contributed by atoms with E-state index in [-0.39, 0.29) is 34.7 Å². The van der Waals surface area contributed by atoms with Crippen molar-refractivity contribution in [2.75, 3.05) is 0 Å². The second kappa shape index (κ2) is 9.56. The fraction of sp³-hybridized carbons (Fsp3) is 0.853. The van der Waals surface area contributed by atoms with Gasteiger partial charge in [0.25, 0.3) is 0 Å². The van der Waals surface area contributed by atoms with Gasteiger partial charge in [0.05, 0.1) is 0 Å². The maximum Gasteiger partial charge on any atom is 0.320 e. The van der Waals surface area contributed by atoms with E-state index in [4.69, 9.17) is 14.2 Å². The monoisotopic (exact) mass is 572 g/mol. The van der Waals surface area contributed by atoms with Gasteiger partial charge in [-0.3, -0.25) is 14.4 Å². The molecule has 0 radical (unpaired) electrons. The molecule has 230 valence electrons. The summed E-state index contributed by atoms with van der Waals surface area (Å²) in [6.45, 7) is 18.0. The molecule has 1 aliphatic heterocycles. The number of carbonyl (C=O) groups is 3. The Hall–Kier alpha value is -1.89. The average Bonchev–Trinajstić information content (AvgIpc) is 3.20. The molecular weight excluding hydrogens is 520 g/mol. The number of aliphatic hydroxyl groups is 1. The van der Waals surface area contributed by atoms with Crippen LogP contribution in [0.15, 0.2) is 11.6 Å². The molecule has 1 saturated heterocycles. The summed E-state index contributed by atoms with van der Waals surface area (Å²) in [7, 11) is 0. The van der Waals surface area contributed by atoms with Gasteiger partial charge in [-0.05, 0) is 93.0 Å². The Bertz CT molecular complexity index is 1160. The minimum Gasteiger partial charge on any atom is -0.462 e. The highest BCUT2D eigenvalue weighted by Crippen LogP contribution is 2.77. The Morgan fingerprint density at radius 2 is 1.66 bits per heavy atom. The molecular formula is C34H52O7. The molecule has 3 saturated carbocycles. The summed E-state index contributed by atoms with van der Waals surface area (Å²) in [5.41, 5.74) is -3.71. The minimum absolute atomic E-state index is 0.0521. The molecule has 1 heterocycles. The Kier molecular flexibility index (Phi) is 7.12. The number of rotatable bonds is 6. The standard InChI is InChI=1S/C34H52O7/c1-20(2)11-10-15-32(9)33(38)18-17-31(8)23-12-13-25-29(5,6)26(39-21(3)35)14-16-30(25,7)24(23)19-27(40-22(4)36)34(31,33)28(37)41-32/h19-20,23,25-27,38H,10-18H2,1-9H3. The van der Waals surface area contributed by atoms with Crippen molar-refractivity contribution in [3.63, 3.8) is 0 Å². The van der Waals surface area contributed by atoms with Gasteiger partial charge in [0, 0.05) is 19.3 Å². The molecule has 0 amide bonds. The van der Waals surface area contributed by atoms with Crippen LogP contribution in [-0.4, -0.2) is 46.4 Å². The summed E-state index contributed by atoms with van der Waals surface area (Å²) in [4.78, 5) is 39.0. The third-order valence-corrected chi connectivity index (χ3v) is 12.8. The zero-order valence-electron chi connectivity index (χ0n) is 26.7. The van der Waals surface area contributed by atoms with Crippen molar-refractivity contribution >= 4 is 17.9 Å². The van der Waals surface area contributed by atoms with E-state index in [2.05, 4.69) is 47.6 Å². The van der Waals surface area contributed by atoms with E-state index in [0.717, 1.165) is 38.5 Å². The lowest BCUT2D eigenvalue weighted by molar-refractivity contribution is -0.200. The summed E-state index contributed by atoms with van der Waals surface area (Å²) in [6.07, 6.45) is 7.89. The number of fused-ring (bicyclic) bond motifs is 4. The van der Waals surface area contributed by atoms with E-state index in [1.165, 1.54) is 19.4 Å². The summed E-state index contributed by atoms with van der Waals surface area (Å²) in [5, 5.41) is 12.8. The largest absolute Gasteiger partial charge is 0.462 e. The normalized spacial score (nSPS) is 46.0. The average molecular weight is 573 g/mol. The van der Waals surface area contributed by atoms with Crippen molar-refractivity contribution in [1.29, 1.82) is 0 Å². The van der Waals surface area contributed by atoms with E-state index in [9.17, 15) is 19.5 Å². The van der Waals surface area contributed by atoms with Gasteiger partial charge in [0.15, 0.2) is 0 Å². The van der Waals surface area contributed by atoms with Gasteiger partial charge in [-0.15, -0.1) is 0 Å². The van der Waals surface area contributed by atoms with Crippen LogP contribution in [0, 0.1) is 39.4 Å². The lowest BCUT2D eigenvalue weighted by Gasteiger charge is -2.64. The molecule has 1 N–H and O–H groups in total. The van der Waals surface area contributed by atoms with Gasteiger partial charge < -0.3 is 19.3 Å². The number of ether oxygens (including phenoxy) is 3. The highest BCUT2D eigenvalue weighted by molar-refractivity contribution is 5.87. The second-order valence-corrected chi connectivity index (χ2v) is 15.7. The number of esters is 3. The molecule has 0 bridgehead atoms. The highest BCUT2D eigenvalue weighted by Gasteiger charge is 2.86. The summed E-state index contributed by atoms with van der Waals surface area (Å²) >= 11 is 0. The van der Waals surface area contributed by atoms with Crippen LogP contribution in [0.2, 0.25) is 0 Å². The van der Waals surface area contributed by atoms with Crippen LogP contribution in [0.3, 0.4) is 0 Å². The van der Waals surface area contributed by atoms with Gasteiger partial charge in [-0.25, -0.2) is 0 Å². The Balaban J connectivity index is 1.63. The maximum atomic E-state index is 14.4. The number of cyclic esters (lactones) is 1. The predicted octanol–water partition coefficient (Wildman–Crippen LogP) is 6.30. The van der Waals surface area contributed by atoms with Gasteiger partial charge in [0.1, 0.15) is 28.8 Å². The van der Waals surface area contributed by atoms with Crippen LogP contribution in [-0.2, 0) is 28.6 Å². The fourth-order valence-electron chi connectivity index (χ4n) is 10.9. The predicted molar refractivity (Wildman–Crippen MR) is 154 cm³/mol. The minimum atomic E-state index is -1.45. The molecule has 7 nitrogen and oxygen atoms in total. The number of carbonyl (C=O) groups excluding carboxylic acids is 3. The first kappa shape index (κ1) is 30.6. The van der Waals surface area contributed by atoms with Crippen molar-refractivity contribution in [1.82, 2.24) is 0 Å². The number of hydrogen-bond donors (Lipinski definition) is 1. The summed E-state index contributed by atoms with van der Waals surface area (Å²) in [6, 6.07) is 0. The van der Waals surface area contributed by atoms with Crippen LogP contribution in [0.5, 0.6) is 0 Å². The quantitative estimate of drug-likeness (QED) is 0.226. The highest BCUT2D eigenvalue weighted by atomic mass is 16.6. The van der Waals surface area contributed by atoms with Crippen LogP contribution >= 0.6 is 0 Å². The first-order chi connectivity index (χ1) is 18.9. The zero-order valence-corrected chi connectivity index (χ0v) is 26.7. The molecule has 9 atom stereocenters. The molecule has 1 spiro atoms. The number of allylic oxidation sites excluding steroid dienone is 1. The molecule has 4 fully saturated rings. The summed E-state index contributed by atoms with van der Waals surface area (Å²) in [5.74, 6) is -0.311. The molecule has 5 aliphatic rings. The number of hydrogen-bond acceptors (Lipinski definition) is 7. The van der Waals surface area contributed by atoms with E-state index < -0.39 is 40.1 Å². The molecule has 0 aromatic carbocycles. The first-order valence-corrected chi connectivity index (χ1v) is 15.9. The molecule has 5 rings (SSSR count). The van der Waals surface area contributed by atoms with Gasteiger partial charge in [-0.2, -0.15) is 0 Å². The molecule has 4 aliphatic carbocycles. The lowest BCUT2D eigenvalue weighted by atomic mass is 9.40. The third-order valence-electron chi connectivity index (χ3n) is 12.8. The van der Waals surface area contributed by atoms with Gasteiger partial charge >= 0.3 is 17.9 Å². The molecule has 41 heavy (non-hydrogen) atoms. The lowest BCUT2D eigenvalue weighted by Crippen LogP contribution is -2.68. The summed E-state index contributed by atoms with van der Waals surface area (Å²) < 4.78 is 18.2. The second-order valence-electron chi connectivity index (χ2n) is 15.7. The topological polar surface area (TPSA) is 99.1 Å². The van der Waals surface area contributed by atoms with Crippen LogP contribution in [0.25, 0.3) is 0 Å². The van der Waals surface area contributed by atoms with Crippen molar-refractivity contribution in [2.45, 2.75) is 144 Å². The van der Waals surface area contributed by atoms with E-state index in [0.29, 0.717) is 25.2 Å². The zero-order chi connectivity index (χ0) is 30.4. The van der Waals surface area contributed by atoms with Crippen LogP contribution in [0.4, 0.5) is 0 Å². The first-order valence-electron chi connectivity index (χ1n) is 15.9. The van der Waals surface area contributed by atoms with E-state index in [1.54, 1.807) is 0 Å². The Labute approximate surface area is 246 Å².